The summed E-state index contributed by atoms with van der Waals surface area (Å²) < 4.78 is 10.1. The zero-order chi connectivity index (χ0) is 9.24. The van der Waals surface area contributed by atoms with Gasteiger partial charge in [0.1, 0.15) is 13.2 Å². The van der Waals surface area contributed by atoms with Crippen LogP contribution in [0.25, 0.3) is 0 Å². The molecular formula is C7H15ClO3P+. The standard InChI is InChI=1S/C7H15ClO3P/c1-3-4-7(2)5-10-12(8,9)11-6-7/h9H,3-6H2,1-2H3/q+1. The Morgan fingerprint density at radius 1 is 1.50 bits per heavy atom. The Labute approximate surface area is 78.4 Å². The van der Waals surface area contributed by atoms with Gasteiger partial charge in [-0.15, -0.1) is 0 Å². The summed E-state index contributed by atoms with van der Waals surface area (Å²) in [5, 5.41) is 0. The van der Waals surface area contributed by atoms with Crippen molar-refractivity contribution in [3.05, 3.63) is 0 Å². The van der Waals surface area contributed by atoms with E-state index in [2.05, 4.69) is 13.8 Å². The van der Waals surface area contributed by atoms with Crippen molar-refractivity contribution in [3.8, 4) is 0 Å². The highest BCUT2D eigenvalue weighted by Crippen LogP contribution is 2.65. The number of rotatable bonds is 2. The molecule has 1 fully saturated rings. The lowest BCUT2D eigenvalue weighted by Crippen LogP contribution is -2.32. The molecule has 72 valence electrons. The number of hydrogen-bond acceptors (Lipinski definition) is 3. The van der Waals surface area contributed by atoms with Gasteiger partial charge in [-0.2, -0.15) is 13.9 Å². The van der Waals surface area contributed by atoms with Crippen molar-refractivity contribution in [1.82, 2.24) is 0 Å². The fourth-order valence-corrected chi connectivity index (χ4v) is 2.61. The van der Waals surface area contributed by atoms with Crippen LogP contribution in [0.5, 0.6) is 0 Å². The van der Waals surface area contributed by atoms with Crippen LogP contribution in [-0.4, -0.2) is 18.1 Å². The average molecular weight is 214 g/mol. The molecule has 1 aliphatic heterocycles. The molecule has 3 nitrogen and oxygen atoms in total. The van der Waals surface area contributed by atoms with Crippen molar-refractivity contribution in [1.29, 1.82) is 0 Å². The molecule has 12 heavy (non-hydrogen) atoms. The zero-order valence-electron chi connectivity index (χ0n) is 7.42. The summed E-state index contributed by atoms with van der Waals surface area (Å²) >= 11 is 5.52. The molecule has 0 spiro atoms. The first kappa shape index (κ1) is 10.7. The van der Waals surface area contributed by atoms with E-state index in [1.165, 1.54) is 0 Å². The van der Waals surface area contributed by atoms with Crippen molar-refractivity contribution >= 4 is 18.5 Å². The second-order valence-electron chi connectivity index (χ2n) is 3.56. The van der Waals surface area contributed by atoms with Crippen LogP contribution < -0.4 is 0 Å². The second kappa shape index (κ2) is 3.77. The van der Waals surface area contributed by atoms with Gasteiger partial charge in [0.25, 0.3) is 0 Å². The Bertz CT molecular complexity index is 153. The topological polar surface area (TPSA) is 38.7 Å². The van der Waals surface area contributed by atoms with Gasteiger partial charge in [0.05, 0.1) is 0 Å². The first-order valence-corrected chi connectivity index (χ1v) is 6.56. The fourth-order valence-electron chi connectivity index (χ4n) is 1.30. The van der Waals surface area contributed by atoms with E-state index in [1.807, 2.05) is 0 Å². The summed E-state index contributed by atoms with van der Waals surface area (Å²) in [5.41, 5.74) is 0.0237. The lowest BCUT2D eigenvalue weighted by molar-refractivity contribution is 0.0172. The first-order chi connectivity index (χ1) is 5.47. The molecule has 1 saturated heterocycles. The van der Waals surface area contributed by atoms with Gasteiger partial charge in [0.15, 0.2) is 11.2 Å². The average Bonchev–Trinajstić information content (AvgIpc) is 1.98. The third-order valence-corrected chi connectivity index (χ3v) is 3.48. The molecule has 0 aromatic rings. The highest BCUT2D eigenvalue weighted by molar-refractivity contribution is 7.86. The maximum atomic E-state index is 9.21. The van der Waals surface area contributed by atoms with Crippen LogP contribution in [0, 0.1) is 5.41 Å². The van der Waals surface area contributed by atoms with E-state index in [9.17, 15) is 4.89 Å². The van der Waals surface area contributed by atoms with Crippen LogP contribution in [0.4, 0.5) is 0 Å². The molecule has 0 aromatic carbocycles. The van der Waals surface area contributed by atoms with E-state index in [0.29, 0.717) is 13.2 Å². The van der Waals surface area contributed by atoms with E-state index in [4.69, 9.17) is 20.3 Å². The van der Waals surface area contributed by atoms with Crippen molar-refractivity contribution in [3.63, 3.8) is 0 Å². The van der Waals surface area contributed by atoms with Crippen LogP contribution in [0.1, 0.15) is 26.7 Å². The van der Waals surface area contributed by atoms with Crippen LogP contribution in [0.3, 0.4) is 0 Å². The van der Waals surface area contributed by atoms with E-state index in [-0.39, 0.29) is 5.41 Å². The Balaban J connectivity index is 2.44. The molecule has 0 unspecified atom stereocenters. The molecule has 5 heteroatoms. The molecule has 1 aliphatic rings. The van der Waals surface area contributed by atoms with Crippen molar-refractivity contribution in [2.75, 3.05) is 13.2 Å². The smallest absolute Gasteiger partial charge is 0.178 e. The van der Waals surface area contributed by atoms with Crippen LogP contribution in [0.15, 0.2) is 0 Å². The number of hydrogen-bond donors (Lipinski definition) is 1. The highest BCUT2D eigenvalue weighted by atomic mass is 35.7. The largest absolute Gasteiger partial charge is 0.521 e. The maximum absolute atomic E-state index is 9.21. The minimum Gasteiger partial charge on any atom is -0.178 e. The van der Waals surface area contributed by atoms with Gasteiger partial charge in [0.2, 0.25) is 0 Å². The molecule has 1 N–H and O–H groups in total. The predicted octanol–water partition coefficient (Wildman–Crippen LogP) is 2.75. The summed E-state index contributed by atoms with van der Waals surface area (Å²) in [7, 11) is -2.97. The van der Waals surface area contributed by atoms with Crippen LogP contribution in [-0.2, 0) is 9.05 Å². The van der Waals surface area contributed by atoms with Crippen molar-refractivity contribution in [2.24, 2.45) is 5.41 Å². The lowest BCUT2D eigenvalue weighted by atomic mass is 9.88. The third-order valence-electron chi connectivity index (χ3n) is 2.00. The second-order valence-corrected chi connectivity index (χ2v) is 6.26. The molecule has 0 atom stereocenters. The Morgan fingerprint density at radius 3 is 2.42 bits per heavy atom. The van der Waals surface area contributed by atoms with Crippen LogP contribution in [0.2, 0.25) is 0 Å². The summed E-state index contributed by atoms with van der Waals surface area (Å²) in [5.74, 6) is 0. The predicted molar refractivity (Wildman–Crippen MR) is 49.9 cm³/mol. The number of halogens is 1. The quantitative estimate of drug-likeness (QED) is 0.717. The highest BCUT2D eigenvalue weighted by Gasteiger charge is 2.49. The molecular weight excluding hydrogens is 199 g/mol. The monoisotopic (exact) mass is 213 g/mol. The summed E-state index contributed by atoms with van der Waals surface area (Å²) in [6.45, 7) is 5.18. The molecule has 1 heterocycles. The van der Waals surface area contributed by atoms with Gasteiger partial charge < -0.3 is 0 Å². The minimum atomic E-state index is -2.97. The molecule has 0 saturated carbocycles. The lowest BCUT2D eigenvalue weighted by Gasteiger charge is -2.31. The molecule has 0 aromatic heterocycles. The van der Waals surface area contributed by atoms with Gasteiger partial charge in [-0.25, -0.2) is 0 Å². The van der Waals surface area contributed by atoms with Gasteiger partial charge in [-0.3, -0.25) is 0 Å². The molecule has 0 bridgehead atoms. The maximum Gasteiger partial charge on any atom is 0.521 e. The normalized spacial score (nSPS) is 43.0. The Hall–Kier alpha value is 0.600. The summed E-state index contributed by atoms with van der Waals surface area (Å²) in [6.07, 6.45) is 2.12. The first-order valence-electron chi connectivity index (χ1n) is 4.08. The van der Waals surface area contributed by atoms with Gasteiger partial charge in [0, 0.05) is 5.41 Å². The van der Waals surface area contributed by atoms with Gasteiger partial charge in [-0.1, -0.05) is 20.3 Å². The zero-order valence-corrected chi connectivity index (χ0v) is 9.07. The fraction of sp³-hybridized carbons (Fsp3) is 1.00. The summed E-state index contributed by atoms with van der Waals surface area (Å²) in [4.78, 5) is 9.21. The Kier molecular flexibility index (Phi) is 3.35. The van der Waals surface area contributed by atoms with Crippen LogP contribution >= 0.6 is 18.5 Å². The molecule has 0 aliphatic carbocycles. The van der Waals surface area contributed by atoms with E-state index < -0.39 is 7.30 Å². The molecule has 1 rings (SSSR count). The van der Waals surface area contributed by atoms with Crippen molar-refractivity contribution in [2.45, 2.75) is 26.7 Å². The van der Waals surface area contributed by atoms with Gasteiger partial charge in [-0.05, 0) is 6.42 Å². The van der Waals surface area contributed by atoms with E-state index >= 15 is 0 Å². The van der Waals surface area contributed by atoms with Gasteiger partial charge >= 0.3 is 7.30 Å². The van der Waals surface area contributed by atoms with Crippen molar-refractivity contribution < 1.29 is 13.9 Å². The van der Waals surface area contributed by atoms with E-state index in [0.717, 1.165) is 12.8 Å². The minimum absolute atomic E-state index is 0.0237. The van der Waals surface area contributed by atoms with E-state index in [1.54, 1.807) is 0 Å². The molecule has 0 radical (unpaired) electrons. The third kappa shape index (κ3) is 2.82. The Morgan fingerprint density at radius 2 is 2.00 bits per heavy atom. The SMILES string of the molecule is CCCC1(C)CO[P+](O)(Cl)OC1. The molecule has 0 amide bonds. The summed E-state index contributed by atoms with van der Waals surface area (Å²) in [6, 6.07) is 0.